The molecule has 0 aromatic heterocycles. The topological polar surface area (TPSA) is 38.3 Å². The average Bonchev–Trinajstić information content (AvgIpc) is 2.69. The van der Waals surface area contributed by atoms with Crippen LogP contribution in [-0.4, -0.2) is 17.3 Å². The summed E-state index contributed by atoms with van der Waals surface area (Å²) < 4.78 is 6.15. The molecule has 108 valence electrons. The molecule has 1 amide bonds. The van der Waals surface area contributed by atoms with E-state index in [4.69, 9.17) is 4.74 Å². The highest BCUT2D eigenvalue weighted by Gasteiger charge is 2.40. The Bertz CT molecular complexity index is 595. The molecule has 1 aromatic carbocycles. The first kappa shape index (κ1) is 13.9. The number of aryl methyl sites for hydroxylation is 1. The molecule has 2 aliphatic heterocycles. The highest BCUT2D eigenvalue weighted by Crippen LogP contribution is 2.48. The van der Waals surface area contributed by atoms with Gasteiger partial charge in [0, 0.05) is 27.8 Å². The van der Waals surface area contributed by atoms with Gasteiger partial charge in [0.2, 0.25) is 5.91 Å². The molecule has 0 saturated heterocycles. The van der Waals surface area contributed by atoms with Crippen LogP contribution >= 0.6 is 15.9 Å². The molecule has 1 N–H and O–H groups in total. The van der Waals surface area contributed by atoms with Crippen LogP contribution in [0.25, 0.3) is 0 Å². The van der Waals surface area contributed by atoms with Crippen LogP contribution in [-0.2, 0) is 11.2 Å². The van der Waals surface area contributed by atoms with Gasteiger partial charge in [0.1, 0.15) is 11.9 Å². The van der Waals surface area contributed by atoms with Crippen molar-refractivity contribution < 1.29 is 9.53 Å². The molecule has 0 spiro atoms. The van der Waals surface area contributed by atoms with Crippen molar-refractivity contribution in [3.8, 4) is 5.75 Å². The van der Waals surface area contributed by atoms with E-state index in [0.717, 1.165) is 28.8 Å². The summed E-state index contributed by atoms with van der Waals surface area (Å²) in [6.07, 6.45) is 0.913. The third-order valence-corrected chi connectivity index (χ3v) is 5.18. The Kier molecular flexibility index (Phi) is 3.12. The van der Waals surface area contributed by atoms with Gasteiger partial charge in [-0.2, -0.15) is 0 Å². The van der Waals surface area contributed by atoms with Crippen molar-refractivity contribution in [1.82, 2.24) is 0 Å². The van der Waals surface area contributed by atoms with Crippen molar-refractivity contribution in [2.45, 2.75) is 46.1 Å². The highest BCUT2D eigenvalue weighted by atomic mass is 79.9. The van der Waals surface area contributed by atoms with Crippen LogP contribution in [0.3, 0.4) is 0 Å². The molecular formula is C16H20BrNO2. The lowest BCUT2D eigenvalue weighted by molar-refractivity contribution is -0.124. The fourth-order valence-electron chi connectivity index (χ4n) is 3.14. The van der Waals surface area contributed by atoms with Gasteiger partial charge in [0.25, 0.3) is 0 Å². The second-order valence-electron chi connectivity index (χ2n) is 6.58. The molecule has 0 radical (unpaired) electrons. The number of carbonyl (C=O) groups excluding carboxylic acids is 1. The van der Waals surface area contributed by atoms with Gasteiger partial charge in [-0.25, -0.2) is 0 Å². The molecule has 3 rings (SSSR count). The number of anilines is 1. The van der Waals surface area contributed by atoms with Crippen LogP contribution in [0.5, 0.6) is 5.75 Å². The van der Waals surface area contributed by atoms with Crippen LogP contribution in [0.15, 0.2) is 6.07 Å². The predicted molar refractivity (Wildman–Crippen MR) is 83.9 cm³/mol. The zero-order chi connectivity index (χ0) is 14.7. The normalized spacial score (nSPS) is 26.6. The Hall–Kier alpha value is -1.03. The maximum atomic E-state index is 12.2. The maximum Gasteiger partial charge on any atom is 0.230 e. The molecule has 2 aliphatic rings. The number of alkyl halides is 1. The van der Waals surface area contributed by atoms with Crippen molar-refractivity contribution in [1.29, 1.82) is 0 Å². The molecule has 1 aromatic rings. The summed E-state index contributed by atoms with van der Waals surface area (Å²) in [7, 11) is 0. The van der Waals surface area contributed by atoms with Crippen molar-refractivity contribution in [3.63, 3.8) is 0 Å². The zero-order valence-corrected chi connectivity index (χ0v) is 13.9. The SMILES string of the molecule is Cc1cc2c(c3c1NC(=O)C(C)(C)C3)OC(CBr)C2C. The maximum absolute atomic E-state index is 12.2. The van der Waals surface area contributed by atoms with Crippen LogP contribution in [0.1, 0.15) is 43.4 Å². The third-order valence-electron chi connectivity index (χ3n) is 4.55. The summed E-state index contributed by atoms with van der Waals surface area (Å²) in [5.74, 6) is 1.47. The number of nitrogens with one attached hydrogen (secondary N) is 1. The average molecular weight is 338 g/mol. The Labute approximate surface area is 128 Å². The number of ether oxygens (including phenoxy) is 1. The van der Waals surface area contributed by atoms with Crippen LogP contribution in [0, 0.1) is 12.3 Å². The van der Waals surface area contributed by atoms with E-state index in [1.807, 2.05) is 13.8 Å². The molecule has 2 unspecified atom stereocenters. The zero-order valence-electron chi connectivity index (χ0n) is 12.3. The fraction of sp³-hybridized carbons (Fsp3) is 0.562. The number of carbonyl (C=O) groups is 1. The molecule has 0 saturated carbocycles. The predicted octanol–water partition coefficient (Wildman–Crippen LogP) is 3.78. The van der Waals surface area contributed by atoms with E-state index in [9.17, 15) is 4.79 Å². The summed E-state index contributed by atoms with van der Waals surface area (Å²) in [6.45, 7) is 8.24. The summed E-state index contributed by atoms with van der Waals surface area (Å²) in [6, 6.07) is 2.17. The van der Waals surface area contributed by atoms with Gasteiger partial charge < -0.3 is 10.1 Å². The van der Waals surface area contributed by atoms with Gasteiger partial charge in [-0.05, 0) is 25.0 Å². The first-order valence-corrected chi connectivity index (χ1v) is 8.17. The highest BCUT2D eigenvalue weighted by molar-refractivity contribution is 9.09. The van der Waals surface area contributed by atoms with E-state index >= 15 is 0 Å². The number of fused-ring (bicyclic) bond motifs is 3. The number of amides is 1. The summed E-state index contributed by atoms with van der Waals surface area (Å²) in [5, 5.41) is 3.89. The van der Waals surface area contributed by atoms with Crippen molar-refractivity contribution in [3.05, 3.63) is 22.8 Å². The fourth-order valence-corrected chi connectivity index (χ4v) is 3.83. The molecule has 4 heteroatoms. The van der Waals surface area contributed by atoms with Gasteiger partial charge in [-0.3, -0.25) is 4.79 Å². The Morgan fingerprint density at radius 3 is 2.85 bits per heavy atom. The van der Waals surface area contributed by atoms with E-state index < -0.39 is 0 Å². The van der Waals surface area contributed by atoms with Crippen LogP contribution < -0.4 is 10.1 Å². The van der Waals surface area contributed by atoms with Crippen LogP contribution in [0.4, 0.5) is 5.69 Å². The number of hydrogen-bond acceptors (Lipinski definition) is 2. The summed E-state index contributed by atoms with van der Waals surface area (Å²) in [4.78, 5) is 12.2. The molecule has 0 aliphatic carbocycles. The van der Waals surface area contributed by atoms with E-state index in [2.05, 4.69) is 41.2 Å². The lowest BCUT2D eigenvalue weighted by atomic mass is 9.79. The minimum Gasteiger partial charge on any atom is -0.488 e. The number of hydrogen-bond donors (Lipinski definition) is 1. The number of halogens is 1. The molecule has 2 atom stereocenters. The minimum atomic E-state index is -0.381. The quantitative estimate of drug-likeness (QED) is 0.792. The van der Waals surface area contributed by atoms with Crippen molar-refractivity contribution >= 4 is 27.5 Å². The smallest absolute Gasteiger partial charge is 0.230 e. The van der Waals surface area contributed by atoms with E-state index in [1.165, 1.54) is 11.1 Å². The van der Waals surface area contributed by atoms with Crippen molar-refractivity contribution in [2.75, 3.05) is 10.6 Å². The third kappa shape index (κ3) is 1.88. The number of rotatable bonds is 1. The second kappa shape index (κ2) is 4.48. The summed E-state index contributed by atoms with van der Waals surface area (Å²) in [5.41, 5.74) is 4.15. The second-order valence-corrected chi connectivity index (χ2v) is 7.23. The Morgan fingerprint density at radius 1 is 1.50 bits per heavy atom. The standard InChI is InChI=1S/C16H20BrNO2/c1-8-5-10-9(2)12(7-17)20-14(10)11-6-16(3,4)15(19)18-13(8)11/h5,9,12H,6-7H2,1-4H3,(H,18,19). The van der Waals surface area contributed by atoms with E-state index in [1.54, 1.807) is 0 Å². The van der Waals surface area contributed by atoms with Gasteiger partial charge in [-0.15, -0.1) is 0 Å². The van der Waals surface area contributed by atoms with Gasteiger partial charge in [-0.1, -0.05) is 36.7 Å². The monoisotopic (exact) mass is 337 g/mol. The number of benzene rings is 1. The Morgan fingerprint density at radius 2 is 2.20 bits per heavy atom. The van der Waals surface area contributed by atoms with Crippen LogP contribution in [0.2, 0.25) is 0 Å². The molecule has 3 nitrogen and oxygen atoms in total. The van der Waals surface area contributed by atoms with E-state index in [0.29, 0.717) is 5.92 Å². The first-order chi connectivity index (χ1) is 9.35. The molecule has 20 heavy (non-hydrogen) atoms. The minimum absolute atomic E-state index is 0.0936. The summed E-state index contributed by atoms with van der Waals surface area (Å²) >= 11 is 3.53. The van der Waals surface area contributed by atoms with Crippen molar-refractivity contribution in [2.24, 2.45) is 5.41 Å². The van der Waals surface area contributed by atoms with Gasteiger partial charge in [0.05, 0.1) is 5.69 Å². The molecule has 0 bridgehead atoms. The lowest BCUT2D eigenvalue weighted by Gasteiger charge is -2.32. The molecule has 0 fully saturated rings. The lowest BCUT2D eigenvalue weighted by Crippen LogP contribution is -2.37. The molecular weight excluding hydrogens is 318 g/mol. The van der Waals surface area contributed by atoms with Gasteiger partial charge in [0.15, 0.2) is 0 Å². The first-order valence-electron chi connectivity index (χ1n) is 7.05. The largest absolute Gasteiger partial charge is 0.488 e. The Balaban J connectivity index is 2.16. The van der Waals surface area contributed by atoms with Gasteiger partial charge >= 0.3 is 0 Å². The van der Waals surface area contributed by atoms with E-state index in [-0.39, 0.29) is 17.4 Å². The molecule has 2 heterocycles.